The third kappa shape index (κ3) is 3.13. The average Bonchev–Trinajstić information content (AvgIpc) is 3.27. The molecule has 6 heteroatoms. The summed E-state index contributed by atoms with van der Waals surface area (Å²) < 4.78 is 5.53. The van der Waals surface area contributed by atoms with Gasteiger partial charge in [0, 0.05) is 15.3 Å². The topological polar surface area (TPSA) is 42.2 Å². The van der Waals surface area contributed by atoms with E-state index < -0.39 is 0 Å². The monoisotopic (exact) mass is 355 g/mol. The van der Waals surface area contributed by atoms with Crippen molar-refractivity contribution in [1.82, 2.24) is 9.97 Å². The molecule has 0 aliphatic carbocycles. The molecular weight excluding hydrogens is 342 g/mol. The van der Waals surface area contributed by atoms with Gasteiger partial charge < -0.3 is 9.32 Å². The zero-order valence-corrected chi connectivity index (χ0v) is 14.3. The minimum atomic E-state index is 0.639. The number of rotatable bonds is 5. The van der Waals surface area contributed by atoms with E-state index in [1.54, 1.807) is 23.9 Å². The quantitative estimate of drug-likeness (QED) is 0.497. The first-order chi connectivity index (χ1) is 11.8. The van der Waals surface area contributed by atoms with E-state index in [0.29, 0.717) is 11.6 Å². The molecule has 0 spiro atoms. The zero-order chi connectivity index (χ0) is 16.4. The van der Waals surface area contributed by atoms with E-state index in [1.165, 1.54) is 4.88 Å². The van der Waals surface area contributed by atoms with Crippen LogP contribution in [0.3, 0.4) is 0 Å². The lowest BCUT2D eigenvalue weighted by atomic mass is 10.2. The Balaban J connectivity index is 1.77. The van der Waals surface area contributed by atoms with E-state index in [-0.39, 0.29) is 0 Å². The van der Waals surface area contributed by atoms with Gasteiger partial charge in [-0.15, -0.1) is 11.3 Å². The maximum atomic E-state index is 6.09. The van der Waals surface area contributed by atoms with Crippen molar-refractivity contribution in [1.29, 1.82) is 0 Å². The van der Waals surface area contributed by atoms with E-state index in [9.17, 15) is 0 Å². The van der Waals surface area contributed by atoms with Gasteiger partial charge in [-0.3, -0.25) is 0 Å². The van der Waals surface area contributed by atoms with Gasteiger partial charge in [0.2, 0.25) is 0 Å². The predicted octanol–water partition coefficient (Wildman–Crippen LogP) is 5.14. The third-order valence-corrected chi connectivity index (χ3v) is 4.83. The molecule has 0 saturated heterocycles. The number of halogens is 1. The van der Waals surface area contributed by atoms with Gasteiger partial charge >= 0.3 is 0 Å². The highest BCUT2D eigenvalue weighted by Crippen LogP contribution is 2.28. The van der Waals surface area contributed by atoms with Crippen LogP contribution in [0.15, 0.2) is 64.9 Å². The predicted molar refractivity (Wildman–Crippen MR) is 97.5 cm³/mol. The number of benzene rings is 1. The Morgan fingerprint density at radius 2 is 2.04 bits per heavy atom. The maximum absolute atomic E-state index is 6.09. The van der Waals surface area contributed by atoms with Gasteiger partial charge in [0.05, 0.1) is 24.9 Å². The Morgan fingerprint density at radius 1 is 1.08 bits per heavy atom. The molecule has 0 N–H and O–H groups in total. The van der Waals surface area contributed by atoms with Crippen LogP contribution in [-0.4, -0.2) is 9.97 Å². The van der Waals surface area contributed by atoms with E-state index in [0.717, 1.165) is 29.0 Å². The van der Waals surface area contributed by atoms with Crippen LogP contribution < -0.4 is 4.90 Å². The third-order valence-electron chi connectivity index (χ3n) is 3.73. The minimum Gasteiger partial charge on any atom is -0.467 e. The summed E-state index contributed by atoms with van der Waals surface area (Å²) in [6, 6.07) is 13.8. The highest BCUT2D eigenvalue weighted by atomic mass is 35.5. The molecule has 0 aliphatic rings. The number of aromatic nitrogens is 2. The van der Waals surface area contributed by atoms with Crippen molar-refractivity contribution in [2.75, 3.05) is 4.90 Å². The summed E-state index contributed by atoms with van der Waals surface area (Å²) in [6.45, 7) is 1.40. The summed E-state index contributed by atoms with van der Waals surface area (Å²) in [5.41, 5.74) is 0.836. The van der Waals surface area contributed by atoms with Gasteiger partial charge in [-0.2, -0.15) is 0 Å². The minimum absolute atomic E-state index is 0.639. The Morgan fingerprint density at radius 3 is 2.83 bits per heavy atom. The Labute approximate surface area is 148 Å². The summed E-state index contributed by atoms with van der Waals surface area (Å²) in [5, 5.41) is 3.73. The molecule has 4 aromatic rings. The van der Waals surface area contributed by atoms with Gasteiger partial charge in [0.1, 0.15) is 17.9 Å². The van der Waals surface area contributed by atoms with Crippen LogP contribution in [0.4, 0.5) is 5.82 Å². The van der Waals surface area contributed by atoms with Crippen LogP contribution in [0.1, 0.15) is 10.6 Å². The zero-order valence-electron chi connectivity index (χ0n) is 12.7. The lowest BCUT2D eigenvalue weighted by Gasteiger charge is -2.23. The van der Waals surface area contributed by atoms with Crippen molar-refractivity contribution in [3.05, 3.63) is 76.1 Å². The molecule has 0 bridgehead atoms. The molecule has 0 saturated carbocycles. The SMILES string of the molecule is Clc1ccc2c(N(Cc3ccco3)Cc3cccs3)ncnc2c1. The first-order valence-corrected chi connectivity index (χ1v) is 8.75. The number of hydrogen-bond acceptors (Lipinski definition) is 5. The Hall–Kier alpha value is -2.37. The van der Waals surface area contributed by atoms with Crippen LogP contribution >= 0.6 is 22.9 Å². The second-order valence-corrected chi connectivity index (χ2v) is 6.84. The average molecular weight is 356 g/mol. The van der Waals surface area contributed by atoms with Crippen LogP contribution in [0.25, 0.3) is 10.9 Å². The largest absolute Gasteiger partial charge is 0.467 e. The number of nitrogens with zero attached hydrogens (tertiary/aromatic N) is 3. The van der Waals surface area contributed by atoms with Gasteiger partial charge in [0.25, 0.3) is 0 Å². The number of fused-ring (bicyclic) bond motifs is 1. The molecule has 24 heavy (non-hydrogen) atoms. The fourth-order valence-corrected chi connectivity index (χ4v) is 3.54. The molecule has 0 aliphatic heterocycles. The summed E-state index contributed by atoms with van der Waals surface area (Å²) in [5.74, 6) is 1.77. The summed E-state index contributed by atoms with van der Waals surface area (Å²) in [4.78, 5) is 12.3. The normalized spacial score (nSPS) is 11.0. The lowest BCUT2D eigenvalue weighted by molar-refractivity contribution is 0.501. The molecule has 0 amide bonds. The molecule has 3 aromatic heterocycles. The molecular formula is C18H14ClN3OS. The molecule has 0 fully saturated rings. The molecule has 4 rings (SSSR count). The summed E-state index contributed by atoms with van der Waals surface area (Å²) in [7, 11) is 0. The van der Waals surface area contributed by atoms with Crippen LogP contribution in [0, 0.1) is 0 Å². The van der Waals surface area contributed by atoms with Gasteiger partial charge in [-0.25, -0.2) is 9.97 Å². The molecule has 3 heterocycles. The van der Waals surface area contributed by atoms with Crippen LogP contribution in [-0.2, 0) is 13.1 Å². The van der Waals surface area contributed by atoms with Gasteiger partial charge in [0.15, 0.2) is 0 Å². The summed E-state index contributed by atoms with van der Waals surface area (Å²) >= 11 is 7.82. The molecule has 1 aromatic carbocycles. The number of thiophene rings is 1. The fraction of sp³-hybridized carbons (Fsp3) is 0.111. The first kappa shape index (κ1) is 15.2. The Bertz CT molecular complexity index is 902. The molecule has 0 radical (unpaired) electrons. The smallest absolute Gasteiger partial charge is 0.140 e. The highest BCUT2D eigenvalue weighted by molar-refractivity contribution is 7.09. The van der Waals surface area contributed by atoms with Gasteiger partial charge in [-0.1, -0.05) is 17.7 Å². The van der Waals surface area contributed by atoms with E-state index in [1.807, 2.05) is 30.3 Å². The molecule has 4 nitrogen and oxygen atoms in total. The van der Waals surface area contributed by atoms with Crippen molar-refractivity contribution in [2.45, 2.75) is 13.1 Å². The second-order valence-electron chi connectivity index (χ2n) is 5.37. The standard InChI is InChI=1S/C18H14ClN3OS/c19-13-5-6-16-17(9-13)20-12-21-18(16)22(10-14-3-1-7-23-14)11-15-4-2-8-24-15/h1-9,12H,10-11H2. The van der Waals surface area contributed by atoms with Crippen molar-refractivity contribution < 1.29 is 4.42 Å². The lowest BCUT2D eigenvalue weighted by Crippen LogP contribution is -2.22. The number of anilines is 1. The first-order valence-electron chi connectivity index (χ1n) is 7.49. The highest BCUT2D eigenvalue weighted by Gasteiger charge is 2.15. The van der Waals surface area contributed by atoms with Crippen LogP contribution in [0.2, 0.25) is 5.02 Å². The van der Waals surface area contributed by atoms with E-state index in [2.05, 4.69) is 32.4 Å². The van der Waals surface area contributed by atoms with Crippen LogP contribution in [0.5, 0.6) is 0 Å². The number of hydrogen-bond donors (Lipinski definition) is 0. The molecule has 0 atom stereocenters. The fourth-order valence-electron chi connectivity index (χ4n) is 2.65. The molecule has 0 unspecified atom stereocenters. The van der Waals surface area contributed by atoms with Crippen molar-refractivity contribution in [2.24, 2.45) is 0 Å². The van der Waals surface area contributed by atoms with E-state index in [4.69, 9.17) is 16.0 Å². The molecule has 120 valence electrons. The van der Waals surface area contributed by atoms with Crippen molar-refractivity contribution >= 4 is 39.7 Å². The van der Waals surface area contributed by atoms with Crippen molar-refractivity contribution in [3.63, 3.8) is 0 Å². The van der Waals surface area contributed by atoms with Crippen molar-refractivity contribution in [3.8, 4) is 0 Å². The maximum Gasteiger partial charge on any atom is 0.140 e. The second kappa shape index (κ2) is 6.63. The van der Waals surface area contributed by atoms with Gasteiger partial charge in [-0.05, 0) is 41.8 Å². The summed E-state index contributed by atoms with van der Waals surface area (Å²) in [6.07, 6.45) is 3.27. The van der Waals surface area contributed by atoms with E-state index >= 15 is 0 Å². The number of furan rings is 1. The Kier molecular flexibility index (Phi) is 4.19.